The van der Waals surface area contributed by atoms with Crippen LogP contribution in [-0.4, -0.2) is 22.0 Å². The first-order valence-electron chi connectivity index (χ1n) is 10.2. The minimum Gasteiger partial charge on any atom is -0.351 e. The van der Waals surface area contributed by atoms with Gasteiger partial charge in [-0.3, -0.25) is 4.79 Å². The first-order valence-corrected chi connectivity index (χ1v) is 11.2. The summed E-state index contributed by atoms with van der Waals surface area (Å²) in [6.07, 6.45) is 0. The smallest absolute Gasteiger partial charge is 0.251 e. The average molecular weight is 434 g/mol. The number of hydrogen-bond donors (Lipinski definition) is 1. The van der Waals surface area contributed by atoms with E-state index in [2.05, 4.69) is 29.4 Å². The van der Waals surface area contributed by atoms with E-state index in [0.717, 1.165) is 21.8 Å². The van der Waals surface area contributed by atoms with Crippen molar-refractivity contribution >= 4 is 28.7 Å². The number of aromatic nitrogens is 2. The standard InChI is InChI=1S/C25H24FN3OS/c1-17(19-6-4-3-5-7-19)15-27-24(30)20-10-13-22-23(14-20)29(2)25(28-22)31-16-18-8-11-21(26)12-9-18/h3-14,17H,15-16H2,1-2H3,(H,27,30)/t17-/m1/s1. The van der Waals surface area contributed by atoms with E-state index in [1.54, 1.807) is 23.9 Å². The number of amides is 1. The van der Waals surface area contributed by atoms with E-state index in [1.807, 2.05) is 48.0 Å². The molecule has 158 valence electrons. The molecular formula is C25H24FN3OS. The fourth-order valence-electron chi connectivity index (χ4n) is 3.41. The van der Waals surface area contributed by atoms with Gasteiger partial charge < -0.3 is 9.88 Å². The molecule has 4 aromatic rings. The second-order valence-electron chi connectivity index (χ2n) is 7.59. The molecule has 0 saturated carbocycles. The summed E-state index contributed by atoms with van der Waals surface area (Å²) in [7, 11) is 1.95. The Kier molecular flexibility index (Phi) is 6.37. The summed E-state index contributed by atoms with van der Waals surface area (Å²) in [5.41, 5.74) is 4.60. The number of imidazole rings is 1. The highest BCUT2D eigenvalue weighted by Crippen LogP contribution is 2.26. The van der Waals surface area contributed by atoms with E-state index >= 15 is 0 Å². The van der Waals surface area contributed by atoms with Crippen LogP contribution in [0.2, 0.25) is 0 Å². The monoisotopic (exact) mass is 433 g/mol. The van der Waals surface area contributed by atoms with Crippen LogP contribution in [-0.2, 0) is 12.8 Å². The molecule has 0 saturated heterocycles. The number of thioether (sulfide) groups is 1. The minimum atomic E-state index is -0.236. The van der Waals surface area contributed by atoms with Gasteiger partial charge in [0.1, 0.15) is 5.82 Å². The van der Waals surface area contributed by atoms with Gasteiger partial charge >= 0.3 is 0 Å². The quantitative estimate of drug-likeness (QED) is 0.389. The summed E-state index contributed by atoms with van der Waals surface area (Å²) in [5.74, 6) is 0.606. The molecule has 6 heteroatoms. The molecule has 0 unspecified atom stereocenters. The normalized spacial score (nSPS) is 12.1. The Morgan fingerprint density at radius 2 is 1.84 bits per heavy atom. The predicted octanol–water partition coefficient (Wildman–Crippen LogP) is 5.54. The van der Waals surface area contributed by atoms with Gasteiger partial charge in [-0.15, -0.1) is 0 Å². The zero-order chi connectivity index (χ0) is 21.8. The summed E-state index contributed by atoms with van der Waals surface area (Å²) >= 11 is 1.59. The van der Waals surface area contributed by atoms with Crippen LogP contribution in [0.1, 0.15) is 34.3 Å². The highest BCUT2D eigenvalue weighted by Gasteiger charge is 2.13. The minimum absolute atomic E-state index is 0.0913. The first-order chi connectivity index (χ1) is 15.0. The molecule has 3 aromatic carbocycles. The van der Waals surface area contributed by atoms with E-state index in [1.165, 1.54) is 17.7 Å². The molecule has 0 bridgehead atoms. The van der Waals surface area contributed by atoms with Crippen molar-refractivity contribution in [1.29, 1.82) is 0 Å². The summed E-state index contributed by atoms with van der Waals surface area (Å²) in [5, 5.41) is 3.89. The number of nitrogens with one attached hydrogen (secondary N) is 1. The molecule has 0 aliphatic rings. The summed E-state index contributed by atoms with van der Waals surface area (Å²) < 4.78 is 15.1. The second kappa shape index (κ2) is 9.35. The molecule has 0 aliphatic carbocycles. The van der Waals surface area contributed by atoms with Gasteiger partial charge in [0.25, 0.3) is 5.91 Å². The molecule has 31 heavy (non-hydrogen) atoms. The topological polar surface area (TPSA) is 46.9 Å². The summed E-state index contributed by atoms with van der Waals surface area (Å²) in [4.78, 5) is 17.4. The molecule has 0 fully saturated rings. The lowest BCUT2D eigenvalue weighted by molar-refractivity contribution is 0.0952. The number of aryl methyl sites for hydroxylation is 1. The zero-order valence-electron chi connectivity index (χ0n) is 17.5. The fourth-order valence-corrected chi connectivity index (χ4v) is 4.36. The van der Waals surface area contributed by atoms with Crippen LogP contribution in [0.3, 0.4) is 0 Å². The lowest BCUT2D eigenvalue weighted by Crippen LogP contribution is -2.27. The maximum atomic E-state index is 13.1. The van der Waals surface area contributed by atoms with Crippen molar-refractivity contribution in [3.63, 3.8) is 0 Å². The van der Waals surface area contributed by atoms with Gasteiger partial charge in [-0.1, -0.05) is 61.2 Å². The van der Waals surface area contributed by atoms with Gasteiger partial charge in [0.15, 0.2) is 5.16 Å². The van der Waals surface area contributed by atoms with Crippen LogP contribution >= 0.6 is 11.8 Å². The van der Waals surface area contributed by atoms with Gasteiger partial charge in [0.2, 0.25) is 0 Å². The Hall–Kier alpha value is -3.12. The zero-order valence-corrected chi connectivity index (χ0v) is 18.3. The SMILES string of the molecule is C[C@H](CNC(=O)c1ccc2nc(SCc3ccc(F)cc3)n(C)c2c1)c1ccccc1. The highest BCUT2D eigenvalue weighted by atomic mass is 32.2. The number of rotatable bonds is 7. The molecule has 1 N–H and O–H groups in total. The van der Waals surface area contributed by atoms with Crippen LogP contribution < -0.4 is 5.32 Å². The molecule has 4 rings (SSSR count). The lowest BCUT2D eigenvalue weighted by Gasteiger charge is -2.13. The molecule has 0 radical (unpaired) electrons. The van der Waals surface area contributed by atoms with Crippen molar-refractivity contribution in [3.05, 3.63) is 95.3 Å². The number of carbonyl (C=O) groups is 1. The number of carbonyl (C=O) groups excluding carboxylic acids is 1. The fraction of sp³-hybridized carbons (Fsp3) is 0.200. The number of nitrogens with zero attached hydrogens (tertiary/aromatic N) is 2. The first kappa shape index (κ1) is 21.1. The second-order valence-corrected chi connectivity index (χ2v) is 8.54. The number of fused-ring (bicyclic) bond motifs is 1. The third-order valence-electron chi connectivity index (χ3n) is 5.32. The van der Waals surface area contributed by atoms with Gasteiger partial charge in [-0.2, -0.15) is 0 Å². The molecule has 0 spiro atoms. The number of benzene rings is 3. The Morgan fingerprint density at radius 1 is 1.10 bits per heavy atom. The number of halogens is 1. The average Bonchev–Trinajstić information content (AvgIpc) is 3.12. The van der Waals surface area contributed by atoms with Crippen molar-refractivity contribution in [2.45, 2.75) is 23.8 Å². The van der Waals surface area contributed by atoms with E-state index in [0.29, 0.717) is 17.9 Å². The van der Waals surface area contributed by atoms with Crippen LogP contribution in [0, 0.1) is 5.82 Å². The van der Waals surface area contributed by atoms with Crippen molar-refractivity contribution in [1.82, 2.24) is 14.9 Å². The third kappa shape index (κ3) is 4.97. The maximum Gasteiger partial charge on any atom is 0.251 e. The number of hydrogen-bond acceptors (Lipinski definition) is 3. The molecule has 4 nitrogen and oxygen atoms in total. The van der Waals surface area contributed by atoms with Gasteiger partial charge in [0.05, 0.1) is 11.0 Å². The van der Waals surface area contributed by atoms with Crippen molar-refractivity contribution in [3.8, 4) is 0 Å². The summed E-state index contributed by atoms with van der Waals surface area (Å²) in [6, 6.07) is 22.2. The molecule has 1 amide bonds. The Morgan fingerprint density at radius 3 is 2.58 bits per heavy atom. The van der Waals surface area contributed by atoms with E-state index in [4.69, 9.17) is 0 Å². The Balaban J connectivity index is 1.44. The lowest BCUT2D eigenvalue weighted by atomic mass is 10.0. The van der Waals surface area contributed by atoms with E-state index in [9.17, 15) is 9.18 Å². The van der Waals surface area contributed by atoms with Crippen molar-refractivity contribution < 1.29 is 9.18 Å². The largest absolute Gasteiger partial charge is 0.351 e. The molecule has 1 heterocycles. The third-order valence-corrected chi connectivity index (χ3v) is 6.42. The van der Waals surface area contributed by atoms with Gasteiger partial charge in [-0.25, -0.2) is 9.37 Å². The summed E-state index contributed by atoms with van der Waals surface area (Å²) in [6.45, 7) is 2.68. The van der Waals surface area contributed by atoms with Crippen molar-refractivity contribution in [2.24, 2.45) is 7.05 Å². The van der Waals surface area contributed by atoms with Crippen molar-refractivity contribution in [2.75, 3.05) is 6.54 Å². The Labute approximate surface area is 185 Å². The van der Waals surface area contributed by atoms with E-state index in [-0.39, 0.29) is 17.6 Å². The van der Waals surface area contributed by atoms with Gasteiger partial charge in [0, 0.05) is 24.9 Å². The maximum absolute atomic E-state index is 13.1. The van der Waals surface area contributed by atoms with Crippen LogP contribution in [0.5, 0.6) is 0 Å². The van der Waals surface area contributed by atoms with Gasteiger partial charge in [-0.05, 0) is 47.4 Å². The van der Waals surface area contributed by atoms with Crippen LogP contribution in [0.25, 0.3) is 11.0 Å². The molecule has 1 aromatic heterocycles. The Bertz CT molecular complexity index is 1190. The predicted molar refractivity (Wildman–Crippen MR) is 124 cm³/mol. The highest BCUT2D eigenvalue weighted by molar-refractivity contribution is 7.98. The van der Waals surface area contributed by atoms with Crippen LogP contribution in [0.15, 0.2) is 78.0 Å². The molecule has 1 atom stereocenters. The molecular weight excluding hydrogens is 409 g/mol. The van der Waals surface area contributed by atoms with Crippen LogP contribution in [0.4, 0.5) is 4.39 Å². The van der Waals surface area contributed by atoms with E-state index < -0.39 is 0 Å². The molecule has 0 aliphatic heterocycles.